The molecular formula is C6H12N2O. The number of hydrogen-bond donors (Lipinski definition) is 2. The van der Waals surface area contributed by atoms with Crippen LogP contribution in [0.3, 0.4) is 0 Å². The van der Waals surface area contributed by atoms with Gasteiger partial charge in [-0.25, -0.2) is 0 Å². The monoisotopic (exact) mass is 128 g/mol. The first-order valence-electron chi connectivity index (χ1n) is 3.25. The second kappa shape index (κ2) is 2.35. The molecule has 0 bridgehead atoms. The lowest BCUT2D eigenvalue weighted by Gasteiger charge is -2.05. The number of rotatable bonds is 1. The summed E-state index contributed by atoms with van der Waals surface area (Å²) in [6, 6.07) is 0.391. The molecule has 9 heavy (non-hydrogen) atoms. The Morgan fingerprint density at radius 1 is 1.67 bits per heavy atom. The van der Waals surface area contributed by atoms with Gasteiger partial charge in [0.1, 0.15) is 0 Å². The minimum absolute atomic E-state index is 0.0694. The fourth-order valence-electron chi connectivity index (χ4n) is 1.15. The molecule has 1 aliphatic heterocycles. The lowest BCUT2D eigenvalue weighted by molar-refractivity contribution is -0.119. The Balaban J connectivity index is 2.39. The van der Waals surface area contributed by atoms with Crippen molar-refractivity contribution in [1.29, 1.82) is 0 Å². The molecule has 1 fully saturated rings. The van der Waals surface area contributed by atoms with Crippen LogP contribution in [0, 0.1) is 0 Å². The maximum absolute atomic E-state index is 10.5. The molecule has 1 amide bonds. The molecule has 2 atom stereocenters. The third-order valence-electron chi connectivity index (χ3n) is 1.72. The van der Waals surface area contributed by atoms with E-state index >= 15 is 0 Å². The van der Waals surface area contributed by atoms with Crippen molar-refractivity contribution in [3.63, 3.8) is 0 Å². The fourth-order valence-corrected chi connectivity index (χ4v) is 1.15. The van der Waals surface area contributed by atoms with E-state index in [4.69, 9.17) is 5.73 Å². The Labute approximate surface area is 54.6 Å². The number of carbonyl (C=O) groups is 1. The van der Waals surface area contributed by atoms with Gasteiger partial charge in [-0.1, -0.05) is 0 Å². The fraction of sp³-hybridized carbons (Fsp3) is 0.833. The van der Waals surface area contributed by atoms with Crippen LogP contribution >= 0.6 is 0 Å². The minimum atomic E-state index is -0.223. The summed E-state index contributed by atoms with van der Waals surface area (Å²) in [5.74, 6) is -0.223. The zero-order valence-electron chi connectivity index (χ0n) is 5.55. The summed E-state index contributed by atoms with van der Waals surface area (Å²) in [6.45, 7) is 2.06. The summed E-state index contributed by atoms with van der Waals surface area (Å²) < 4.78 is 0. The van der Waals surface area contributed by atoms with Crippen LogP contribution in [0.15, 0.2) is 0 Å². The molecule has 3 heteroatoms. The Morgan fingerprint density at radius 2 is 2.33 bits per heavy atom. The lowest BCUT2D eigenvalue weighted by Crippen LogP contribution is -2.38. The molecule has 3 nitrogen and oxygen atoms in total. The number of primary amides is 1. The molecule has 1 saturated heterocycles. The van der Waals surface area contributed by atoms with Gasteiger partial charge in [0.2, 0.25) is 5.91 Å². The van der Waals surface area contributed by atoms with E-state index in [2.05, 4.69) is 12.2 Å². The van der Waals surface area contributed by atoms with E-state index < -0.39 is 0 Å². The van der Waals surface area contributed by atoms with E-state index in [1.165, 1.54) is 0 Å². The molecule has 52 valence electrons. The van der Waals surface area contributed by atoms with Crippen molar-refractivity contribution in [3.8, 4) is 0 Å². The van der Waals surface area contributed by atoms with E-state index in [0.29, 0.717) is 6.04 Å². The number of nitrogens with two attached hydrogens (primary N) is 1. The third-order valence-corrected chi connectivity index (χ3v) is 1.72. The van der Waals surface area contributed by atoms with Gasteiger partial charge < -0.3 is 11.1 Å². The van der Waals surface area contributed by atoms with Crippen LogP contribution in [0.5, 0.6) is 0 Å². The Hall–Kier alpha value is -0.570. The number of nitrogens with one attached hydrogen (secondary N) is 1. The maximum Gasteiger partial charge on any atom is 0.234 e. The van der Waals surface area contributed by atoms with Crippen LogP contribution in [0.25, 0.3) is 0 Å². The average molecular weight is 128 g/mol. The second-order valence-corrected chi connectivity index (χ2v) is 2.60. The molecule has 1 unspecified atom stereocenters. The summed E-state index contributed by atoms with van der Waals surface area (Å²) in [7, 11) is 0. The van der Waals surface area contributed by atoms with Crippen LogP contribution in [-0.4, -0.2) is 18.0 Å². The molecule has 0 aromatic rings. The van der Waals surface area contributed by atoms with Crippen molar-refractivity contribution in [2.45, 2.75) is 31.8 Å². The van der Waals surface area contributed by atoms with E-state index in [9.17, 15) is 4.79 Å². The van der Waals surface area contributed by atoms with E-state index in [1.54, 1.807) is 0 Å². The number of amides is 1. The van der Waals surface area contributed by atoms with Crippen LogP contribution in [-0.2, 0) is 4.79 Å². The topological polar surface area (TPSA) is 55.1 Å². The van der Waals surface area contributed by atoms with Gasteiger partial charge in [-0.15, -0.1) is 0 Å². The first kappa shape index (κ1) is 6.55. The smallest absolute Gasteiger partial charge is 0.234 e. The van der Waals surface area contributed by atoms with Crippen LogP contribution in [0.1, 0.15) is 19.8 Å². The lowest BCUT2D eigenvalue weighted by atomic mass is 10.2. The molecule has 1 aliphatic rings. The number of carbonyl (C=O) groups excluding carboxylic acids is 1. The van der Waals surface area contributed by atoms with Gasteiger partial charge >= 0.3 is 0 Å². The summed E-state index contributed by atoms with van der Waals surface area (Å²) >= 11 is 0. The molecule has 0 aromatic heterocycles. The molecular weight excluding hydrogens is 116 g/mol. The van der Waals surface area contributed by atoms with Crippen LogP contribution in [0.4, 0.5) is 0 Å². The molecule has 0 aliphatic carbocycles. The van der Waals surface area contributed by atoms with Crippen molar-refractivity contribution in [2.24, 2.45) is 5.73 Å². The Kier molecular flexibility index (Phi) is 1.71. The minimum Gasteiger partial charge on any atom is -0.368 e. The van der Waals surface area contributed by atoms with Crippen molar-refractivity contribution in [1.82, 2.24) is 5.32 Å². The van der Waals surface area contributed by atoms with Crippen LogP contribution in [0.2, 0.25) is 0 Å². The van der Waals surface area contributed by atoms with Gasteiger partial charge in [-0.05, 0) is 19.8 Å². The summed E-state index contributed by atoms with van der Waals surface area (Å²) in [5.41, 5.74) is 5.06. The summed E-state index contributed by atoms with van der Waals surface area (Å²) in [5, 5.41) is 3.08. The van der Waals surface area contributed by atoms with Gasteiger partial charge in [-0.2, -0.15) is 0 Å². The van der Waals surface area contributed by atoms with Gasteiger partial charge in [0.15, 0.2) is 0 Å². The molecule has 0 spiro atoms. The molecule has 3 N–H and O–H groups in total. The maximum atomic E-state index is 10.5. The standard InChI is InChI=1S/C6H12N2O/c1-4-2-3-5(8-4)6(7)9/h4-5,8H,2-3H2,1H3,(H2,7,9)/t4?,5-/m0/s1. The van der Waals surface area contributed by atoms with E-state index in [1.807, 2.05) is 0 Å². The molecule has 1 heterocycles. The van der Waals surface area contributed by atoms with Gasteiger partial charge in [0, 0.05) is 6.04 Å². The molecule has 0 aromatic carbocycles. The van der Waals surface area contributed by atoms with Crippen molar-refractivity contribution < 1.29 is 4.79 Å². The predicted molar refractivity (Wildman–Crippen MR) is 34.8 cm³/mol. The second-order valence-electron chi connectivity index (χ2n) is 2.60. The average Bonchev–Trinajstić information content (AvgIpc) is 2.14. The third kappa shape index (κ3) is 1.42. The molecule has 1 rings (SSSR count). The van der Waals surface area contributed by atoms with Crippen molar-refractivity contribution in [3.05, 3.63) is 0 Å². The molecule has 0 saturated carbocycles. The Bertz CT molecular complexity index is 124. The van der Waals surface area contributed by atoms with Crippen molar-refractivity contribution in [2.75, 3.05) is 0 Å². The van der Waals surface area contributed by atoms with Gasteiger partial charge in [-0.3, -0.25) is 4.79 Å². The summed E-state index contributed by atoms with van der Waals surface area (Å²) in [4.78, 5) is 10.5. The highest BCUT2D eigenvalue weighted by molar-refractivity contribution is 5.80. The number of hydrogen-bond acceptors (Lipinski definition) is 2. The highest BCUT2D eigenvalue weighted by Crippen LogP contribution is 2.10. The molecule has 0 radical (unpaired) electrons. The zero-order chi connectivity index (χ0) is 6.85. The van der Waals surface area contributed by atoms with Gasteiger partial charge in [0.25, 0.3) is 0 Å². The van der Waals surface area contributed by atoms with E-state index in [0.717, 1.165) is 12.8 Å². The highest BCUT2D eigenvalue weighted by atomic mass is 16.1. The van der Waals surface area contributed by atoms with Gasteiger partial charge in [0.05, 0.1) is 6.04 Å². The first-order chi connectivity index (χ1) is 4.20. The SMILES string of the molecule is CC1CC[C@@H](C(N)=O)N1. The van der Waals surface area contributed by atoms with E-state index in [-0.39, 0.29) is 11.9 Å². The summed E-state index contributed by atoms with van der Waals surface area (Å²) in [6.07, 6.45) is 1.96. The van der Waals surface area contributed by atoms with Crippen LogP contribution < -0.4 is 11.1 Å². The first-order valence-corrected chi connectivity index (χ1v) is 3.25. The Morgan fingerprint density at radius 3 is 2.56 bits per heavy atom. The largest absolute Gasteiger partial charge is 0.368 e. The normalized spacial score (nSPS) is 34.8. The highest BCUT2D eigenvalue weighted by Gasteiger charge is 2.23. The predicted octanol–water partition coefficient (Wildman–Crippen LogP) is -0.388. The zero-order valence-corrected chi connectivity index (χ0v) is 5.55. The quantitative estimate of drug-likeness (QED) is 0.505. The van der Waals surface area contributed by atoms with Crippen molar-refractivity contribution >= 4 is 5.91 Å².